The van der Waals surface area contributed by atoms with E-state index < -0.39 is 6.09 Å². The molecule has 0 aliphatic heterocycles. The highest BCUT2D eigenvalue weighted by atomic mass is 16.4. The standard InChI is InChI=1S/C11H14N2O3/c1-13(2)10(14)9-6-4-3-5-8(9)7-12-11(15)16/h3-6,12H,7H2,1-2H3,(H,15,16). The third kappa shape index (κ3) is 2.98. The molecule has 0 saturated carbocycles. The molecule has 5 nitrogen and oxygen atoms in total. The van der Waals surface area contributed by atoms with Crippen LogP contribution in [0.2, 0.25) is 0 Å². The van der Waals surface area contributed by atoms with Crippen LogP contribution in [0.4, 0.5) is 4.79 Å². The van der Waals surface area contributed by atoms with Crippen LogP contribution in [-0.4, -0.2) is 36.1 Å². The molecule has 2 N–H and O–H groups in total. The third-order valence-electron chi connectivity index (χ3n) is 2.08. The number of amides is 2. The van der Waals surface area contributed by atoms with E-state index in [2.05, 4.69) is 5.32 Å². The van der Waals surface area contributed by atoms with Gasteiger partial charge in [-0.1, -0.05) is 18.2 Å². The molecule has 0 aliphatic rings. The van der Waals surface area contributed by atoms with Gasteiger partial charge >= 0.3 is 6.09 Å². The van der Waals surface area contributed by atoms with Crippen LogP contribution in [0.1, 0.15) is 15.9 Å². The van der Waals surface area contributed by atoms with E-state index in [1.165, 1.54) is 4.90 Å². The highest BCUT2D eigenvalue weighted by molar-refractivity contribution is 5.95. The van der Waals surface area contributed by atoms with Crippen molar-refractivity contribution in [2.24, 2.45) is 0 Å². The van der Waals surface area contributed by atoms with Crippen molar-refractivity contribution < 1.29 is 14.7 Å². The molecular formula is C11H14N2O3. The predicted octanol–water partition coefficient (Wildman–Crippen LogP) is 1.16. The first kappa shape index (κ1) is 12.0. The number of carbonyl (C=O) groups is 2. The molecular weight excluding hydrogens is 208 g/mol. The second-order valence-electron chi connectivity index (χ2n) is 3.52. The van der Waals surface area contributed by atoms with Crippen molar-refractivity contribution >= 4 is 12.0 Å². The summed E-state index contributed by atoms with van der Waals surface area (Å²) in [4.78, 5) is 23.6. The Hall–Kier alpha value is -2.04. The van der Waals surface area contributed by atoms with Crippen molar-refractivity contribution in [3.8, 4) is 0 Å². The zero-order valence-corrected chi connectivity index (χ0v) is 9.23. The van der Waals surface area contributed by atoms with Crippen LogP contribution < -0.4 is 5.32 Å². The summed E-state index contributed by atoms with van der Waals surface area (Å²) in [6.45, 7) is 0.130. The maximum atomic E-state index is 11.8. The molecule has 86 valence electrons. The van der Waals surface area contributed by atoms with E-state index in [1.807, 2.05) is 0 Å². The van der Waals surface area contributed by atoms with Gasteiger partial charge in [-0.25, -0.2) is 4.79 Å². The summed E-state index contributed by atoms with van der Waals surface area (Å²) in [7, 11) is 3.31. The van der Waals surface area contributed by atoms with E-state index in [4.69, 9.17) is 5.11 Å². The van der Waals surface area contributed by atoms with Gasteiger partial charge in [-0.05, 0) is 11.6 Å². The van der Waals surface area contributed by atoms with Crippen LogP contribution in [-0.2, 0) is 6.54 Å². The summed E-state index contributed by atoms with van der Waals surface area (Å²) in [5.74, 6) is -0.136. The first-order chi connectivity index (χ1) is 7.52. The number of nitrogens with zero attached hydrogens (tertiary/aromatic N) is 1. The van der Waals surface area contributed by atoms with Gasteiger partial charge in [-0.2, -0.15) is 0 Å². The van der Waals surface area contributed by atoms with Gasteiger partial charge in [-0.3, -0.25) is 4.79 Å². The summed E-state index contributed by atoms with van der Waals surface area (Å²) < 4.78 is 0. The maximum Gasteiger partial charge on any atom is 0.404 e. The lowest BCUT2D eigenvalue weighted by atomic mass is 10.1. The van der Waals surface area contributed by atoms with Crippen LogP contribution in [0.3, 0.4) is 0 Å². The lowest BCUT2D eigenvalue weighted by Gasteiger charge is -2.13. The highest BCUT2D eigenvalue weighted by Crippen LogP contribution is 2.10. The molecule has 0 aliphatic carbocycles. The minimum Gasteiger partial charge on any atom is -0.465 e. The molecule has 0 heterocycles. The van der Waals surface area contributed by atoms with Crippen molar-refractivity contribution in [2.75, 3.05) is 14.1 Å². The molecule has 1 aromatic rings. The Labute approximate surface area is 93.7 Å². The number of carboxylic acid groups (broad SMARTS) is 1. The van der Waals surface area contributed by atoms with Crippen LogP contribution in [0.5, 0.6) is 0 Å². The first-order valence-corrected chi connectivity index (χ1v) is 4.78. The van der Waals surface area contributed by atoms with Gasteiger partial charge in [0.15, 0.2) is 0 Å². The molecule has 16 heavy (non-hydrogen) atoms. The van der Waals surface area contributed by atoms with Crippen LogP contribution >= 0.6 is 0 Å². The summed E-state index contributed by atoms with van der Waals surface area (Å²) in [6.07, 6.45) is -1.10. The molecule has 0 unspecified atom stereocenters. The van der Waals surface area contributed by atoms with E-state index >= 15 is 0 Å². The second kappa shape index (κ2) is 5.16. The Bertz CT molecular complexity index is 402. The van der Waals surface area contributed by atoms with Crippen LogP contribution in [0.25, 0.3) is 0 Å². The summed E-state index contributed by atoms with van der Waals surface area (Å²) in [5.41, 5.74) is 1.19. The zero-order valence-electron chi connectivity index (χ0n) is 9.23. The molecule has 0 saturated heterocycles. The monoisotopic (exact) mass is 222 g/mol. The summed E-state index contributed by atoms with van der Waals surface area (Å²) >= 11 is 0. The van der Waals surface area contributed by atoms with Gasteiger partial charge in [0.2, 0.25) is 0 Å². The molecule has 0 bridgehead atoms. The Balaban J connectivity index is 2.91. The fourth-order valence-electron chi connectivity index (χ4n) is 1.29. The fourth-order valence-corrected chi connectivity index (χ4v) is 1.29. The van der Waals surface area contributed by atoms with E-state index in [-0.39, 0.29) is 12.5 Å². The van der Waals surface area contributed by atoms with Gasteiger partial charge < -0.3 is 15.3 Å². The van der Waals surface area contributed by atoms with Gasteiger partial charge in [0.1, 0.15) is 0 Å². The number of carbonyl (C=O) groups excluding carboxylic acids is 1. The molecule has 0 aromatic heterocycles. The van der Waals surface area contributed by atoms with Crippen molar-refractivity contribution in [3.05, 3.63) is 35.4 Å². The van der Waals surface area contributed by atoms with E-state index in [0.717, 1.165) is 0 Å². The summed E-state index contributed by atoms with van der Waals surface area (Å²) in [5, 5.41) is 10.7. The predicted molar refractivity (Wildman–Crippen MR) is 59.3 cm³/mol. The fraction of sp³-hybridized carbons (Fsp3) is 0.273. The van der Waals surface area contributed by atoms with E-state index in [1.54, 1.807) is 38.4 Å². The van der Waals surface area contributed by atoms with Crippen molar-refractivity contribution in [1.29, 1.82) is 0 Å². The molecule has 0 fully saturated rings. The molecule has 2 amide bonds. The highest BCUT2D eigenvalue weighted by Gasteiger charge is 2.12. The smallest absolute Gasteiger partial charge is 0.404 e. The molecule has 0 radical (unpaired) electrons. The van der Waals surface area contributed by atoms with Crippen molar-refractivity contribution in [3.63, 3.8) is 0 Å². The van der Waals surface area contributed by atoms with Crippen LogP contribution in [0, 0.1) is 0 Å². The van der Waals surface area contributed by atoms with Crippen LogP contribution in [0.15, 0.2) is 24.3 Å². The minimum absolute atomic E-state index is 0.130. The molecule has 1 aromatic carbocycles. The molecule has 0 atom stereocenters. The van der Waals surface area contributed by atoms with E-state index in [0.29, 0.717) is 11.1 Å². The lowest BCUT2D eigenvalue weighted by Crippen LogP contribution is -2.26. The largest absolute Gasteiger partial charge is 0.465 e. The molecule has 5 heteroatoms. The van der Waals surface area contributed by atoms with Gasteiger partial charge in [0.25, 0.3) is 5.91 Å². The number of benzene rings is 1. The Morgan fingerprint density at radius 3 is 2.50 bits per heavy atom. The number of rotatable bonds is 3. The molecule has 0 spiro atoms. The van der Waals surface area contributed by atoms with Gasteiger partial charge in [0, 0.05) is 26.2 Å². The summed E-state index contributed by atoms with van der Waals surface area (Å²) in [6, 6.07) is 6.93. The zero-order chi connectivity index (χ0) is 12.1. The third-order valence-corrected chi connectivity index (χ3v) is 2.08. The van der Waals surface area contributed by atoms with Crippen molar-refractivity contribution in [2.45, 2.75) is 6.54 Å². The van der Waals surface area contributed by atoms with E-state index in [9.17, 15) is 9.59 Å². The number of nitrogens with one attached hydrogen (secondary N) is 1. The van der Waals surface area contributed by atoms with Gasteiger partial charge in [-0.15, -0.1) is 0 Å². The Morgan fingerprint density at radius 1 is 1.31 bits per heavy atom. The number of hydrogen-bond donors (Lipinski definition) is 2. The van der Waals surface area contributed by atoms with Crippen molar-refractivity contribution in [1.82, 2.24) is 10.2 Å². The normalized spacial score (nSPS) is 9.62. The minimum atomic E-state index is -1.10. The molecule has 1 rings (SSSR count). The second-order valence-corrected chi connectivity index (χ2v) is 3.52. The lowest BCUT2D eigenvalue weighted by molar-refractivity contribution is 0.0826. The Morgan fingerprint density at radius 2 is 1.94 bits per heavy atom. The SMILES string of the molecule is CN(C)C(=O)c1ccccc1CNC(=O)O. The first-order valence-electron chi connectivity index (χ1n) is 4.78. The topological polar surface area (TPSA) is 69.6 Å². The maximum absolute atomic E-state index is 11.8. The number of hydrogen-bond acceptors (Lipinski definition) is 2. The Kier molecular flexibility index (Phi) is 3.88. The average molecular weight is 222 g/mol. The van der Waals surface area contributed by atoms with Gasteiger partial charge in [0.05, 0.1) is 0 Å². The quantitative estimate of drug-likeness (QED) is 0.806. The average Bonchev–Trinajstić information content (AvgIpc) is 2.25.